The van der Waals surface area contributed by atoms with Crippen LogP contribution in [-0.2, 0) is 4.74 Å². The van der Waals surface area contributed by atoms with Crippen LogP contribution in [0.25, 0.3) is 0 Å². The van der Waals surface area contributed by atoms with Gasteiger partial charge in [-0.3, -0.25) is 0 Å². The van der Waals surface area contributed by atoms with Gasteiger partial charge in [0, 0.05) is 25.0 Å². The fourth-order valence-corrected chi connectivity index (χ4v) is 6.35. The Balaban J connectivity index is 1.57. The van der Waals surface area contributed by atoms with Crippen molar-refractivity contribution in [3.8, 4) is 0 Å². The molecule has 8 heteroatoms. The Labute approximate surface area is 193 Å². The summed E-state index contributed by atoms with van der Waals surface area (Å²) in [7, 11) is 1.39. The van der Waals surface area contributed by atoms with Crippen molar-refractivity contribution in [1.82, 2.24) is 10.3 Å². The van der Waals surface area contributed by atoms with Crippen LogP contribution >= 0.6 is 0 Å². The second-order valence-corrected chi connectivity index (χ2v) is 10.7. The smallest absolute Gasteiger partial charge is 0.384 e. The molecule has 1 aromatic carbocycles. The summed E-state index contributed by atoms with van der Waals surface area (Å²) in [5.41, 5.74) is 1.36. The number of hydrogen-bond acceptors (Lipinski definition) is 3. The Morgan fingerprint density at radius 3 is 2.52 bits per heavy atom. The molecular formula is C25H34F3N3O2. The van der Waals surface area contributed by atoms with Crippen LogP contribution in [0.15, 0.2) is 35.4 Å². The van der Waals surface area contributed by atoms with Gasteiger partial charge in [-0.05, 0) is 41.6 Å². The van der Waals surface area contributed by atoms with Crippen molar-refractivity contribution in [2.24, 2.45) is 27.8 Å². The number of halogens is 3. The number of hydrazone groups is 1. The minimum Gasteiger partial charge on any atom is -0.384 e. The number of alkyl halides is 3. The first kappa shape index (κ1) is 24.0. The first-order chi connectivity index (χ1) is 15.5. The Kier molecular flexibility index (Phi) is 6.27. The lowest BCUT2D eigenvalue weighted by Crippen LogP contribution is -2.50. The minimum absolute atomic E-state index is 0.00724. The highest BCUT2D eigenvalue weighted by atomic mass is 19.4. The Hall–Kier alpha value is -2.09. The van der Waals surface area contributed by atoms with Crippen molar-refractivity contribution in [3.63, 3.8) is 0 Å². The molecule has 2 unspecified atom stereocenters. The van der Waals surface area contributed by atoms with Crippen LogP contribution in [-0.4, -0.2) is 49.2 Å². The predicted octanol–water partition coefficient (Wildman–Crippen LogP) is 5.58. The largest absolute Gasteiger partial charge is 0.389 e. The van der Waals surface area contributed by atoms with Gasteiger partial charge in [-0.15, -0.1) is 0 Å². The predicted molar refractivity (Wildman–Crippen MR) is 121 cm³/mol. The van der Waals surface area contributed by atoms with Crippen molar-refractivity contribution < 1.29 is 22.7 Å². The third-order valence-electron chi connectivity index (χ3n) is 8.74. The molecule has 4 rings (SSSR count). The molecule has 0 aromatic heterocycles. The van der Waals surface area contributed by atoms with Gasteiger partial charge in [-0.1, -0.05) is 51.1 Å². The molecule has 0 spiro atoms. The summed E-state index contributed by atoms with van der Waals surface area (Å²) in [5, 5.41) is 8.98. The molecule has 1 aliphatic heterocycles. The summed E-state index contributed by atoms with van der Waals surface area (Å²) in [5.74, 6) is -0.774. The average molecular weight is 466 g/mol. The van der Waals surface area contributed by atoms with Crippen LogP contribution in [0.5, 0.6) is 0 Å². The van der Waals surface area contributed by atoms with Crippen molar-refractivity contribution in [2.75, 3.05) is 20.3 Å². The quantitative estimate of drug-likeness (QED) is 0.596. The van der Waals surface area contributed by atoms with Crippen molar-refractivity contribution in [2.45, 2.75) is 64.6 Å². The molecule has 2 saturated carbocycles. The van der Waals surface area contributed by atoms with Gasteiger partial charge in [0.15, 0.2) is 0 Å². The first-order valence-electron chi connectivity index (χ1n) is 11.7. The Morgan fingerprint density at radius 2 is 1.97 bits per heavy atom. The lowest BCUT2D eigenvalue weighted by Gasteiger charge is -2.39. The van der Waals surface area contributed by atoms with Gasteiger partial charge in [0.1, 0.15) is 0 Å². The lowest BCUT2D eigenvalue weighted by molar-refractivity contribution is -0.142. The van der Waals surface area contributed by atoms with Crippen LogP contribution in [0.3, 0.4) is 0 Å². The summed E-state index contributed by atoms with van der Waals surface area (Å²) >= 11 is 0. The van der Waals surface area contributed by atoms with Crippen LogP contribution in [0.4, 0.5) is 18.0 Å². The van der Waals surface area contributed by atoms with Gasteiger partial charge < -0.3 is 10.1 Å². The van der Waals surface area contributed by atoms with E-state index in [1.165, 1.54) is 18.5 Å². The summed E-state index contributed by atoms with van der Waals surface area (Å²) in [6, 6.07) is 9.02. The van der Waals surface area contributed by atoms with Gasteiger partial charge >= 0.3 is 12.2 Å². The molecule has 0 radical (unpaired) electrons. The molecule has 0 saturated heterocycles. The molecule has 1 aromatic rings. The molecule has 1 N–H and O–H groups in total. The zero-order valence-corrected chi connectivity index (χ0v) is 19.8. The summed E-state index contributed by atoms with van der Waals surface area (Å²) in [4.78, 5) is 13.3. The van der Waals surface area contributed by atoms with E-state index in [1.807, 2.05) is 30.3 Å². The maximum atomic E-state index is 13.3. The number of carbonyl (C=O) groups excluding carboxylic acids is 1. The topological polar surface area (TPSA) is 53.9 Å². The molecule has 33 heavy (non-hydrogen) atoms. The molecule has 2 bridgehead atoms. The van der Waals surface area contributed by atoms with E-state index < -0.39 is 24.4 Å². The maximum absolute atomic E-state index is 13.3. The molecule has 2 amide bonds. The van der Waals surface area contributed by atoms with Gasteiger partial charge in [0.2, 0.25) is 0 Å². The summed E-state index contributed by atoms with van der Waals surface area (Å²) < 4.78 is 45.1. The van der Waals surface area contributed by atoms with E-state index >= 15 is 0 Å². The first-order valence-corrected chi connectivity index (χ1v) is 11.7. The molecule has 5 nitrogen and oxygen atoms in total. The summed E-state index contributed by atoms with van der Waals surface area (Å²) in [6.07, 6.45) is -2.21. The average Bonchev–Trinajstić information content (AvgIpc) is 3.34. The SMILES string of the molecule is COC[C@H](CC(F)(F)F)C1=NN(C(=O)N[C@H]2C[C@H]3CCC2(C)C3(C)C)CC1c1ccccc1. The third-order valence-corrected chi connectivity index (χ3v) is 8.74. The fourth-order valence-electron chi connectivity index (χ4n) is 6.35. The van der Waals surface area contributed by atoms with Crippen LogP contribution < -0.4 is 5.32 Å². The molecule has 2 fully saturated rings. The van der Waals surface area contributed by atoms with E-state index in [1.54, 1.807) is 0 Å². The van der Waals surface area contributed by atoms with Gasteiger partial charge in [-0.25, -0.2) is 9.80 Å². The Morgan fingerprint density at radius 1 is 1.27 bits per heavy atom. The highest BCUT2D eigenvalue weighted by molar-refractivity contribution is 5.96. The van der Waals surface area contributed by atoms with E-state index in [4.69, 9.17) is 4.74 Å². The maximum Gasteiger partial charge on any atom is 0.389 e. The zero-order chi connectivity index (χ0) is 24.0. The van der Waals surface area contributed by atoms with Crippen molar-refractivity contribution in [3.05, 3.63) is 35.9 Å². The van der Waals surface area contributed by atoms with E-state index in [-0.39, 0.29) is 36.1 Å². The monoisotopic (exact) mass is 465 g/mol. The number of nitrogens with one attached hydrogen (secondary N) is 1. The van der Waals surface area contributed by atoms with Crippen LogP contribution in [0.1, 0.15) is 57.9 Å². The number of fused-ring (bicyclic) bond motifs is 2. The Bertz CT molecular complexity index is 902. The molecule has 2 aliphatic carbocycles. The number of carbonyl (C=O) groups is 1. The van der Waals surface area contributed by atoms with Gasteiger partial charge in [-0.2, -0.15) is 18.3 Å². The molecule has 182 valence electrons. The van der Waals surface area contributed by atoms with E-state index in [0.717, 1.165) is 18.4 Å². The van der Waals surface area contributed by atoms with Crippen molar-refractivity contribution >= 4 is 11.7 Å². The zero-order valence-electron chi connectivity index (χ0n) is 19.8. The number of hydrogen-bond donors (Lipinski definition) is 1. The number of amides is 2. The third kappa shape index (κ3) is 4.38. The normalized spacial score (nSPS) is 31.5. The highest BCUT2D eigenvalue weighted by Gasteiger charge is 2.61. The van der Waals surface area contributed by atoms with E-state index in [9.17, 15) is 18.0 Å². The number of ether oxygens (including phenoxy) is 1. The van der Waals surface area contributed by atoms with E-state index in [2.05, 4.69) is 31.2 Å². The number of benzene rings is 1. The van der Waals surface area contributed by atoms with Crippen LogP contribution in [0, 0.1) is 22.7 Å². The van der Waals surface area contributed by atoms with Gasteiger partial charge in [0.05, 0.1) is 25.3 Å². The lowest BCUT2D eigenvalue weighted by atomic mass is 9.69. The molecule has 5 atom stereocenters. The molecule has 3 aliphatic rings. The number of methoxy groups -OCH3 is 1. The van der Waals surface area contributed by atoms with E-state index in [0.29, 0.717) is 11.6 Å². The second-order valence-electron chi connectivity index (χ2n) is 10.7. The molecular weight excluding hydrogens is 431 g/mol. The van der Waals surface area contributed by atoms with Crippen molar-refractivity contribution in [1.29, 1.82) is 0 Å². The number of nitrogens with zero attached hydrogens (tertiary/aromatic N) is 2. The minimum atomic E-state index is -4.36. The molecule has 1 heterocycles. The summed E-state index contributed by atoms with van der Waals surface area (Å²) in [6.45, 7) is 6.92. The number of urea groups is 1. The van der Waals surface area contributed by atoms with Crippen LogP contribution in [0.2, 0.25) is 0 Å². The highest BCUT2D eigenvalue weighted by Crippen LogP contribution is 2.65. The second kappa shape index (κ2) is 8.60. The number of rotatable bonds is 6. The fraction of sp³-hybridized carbons (Fsp3) is 0.680. The standard InChI is InChI=1S/C25H34F3N3O2/c1-23(2)18-10-11-24(23,3)20(12-18)29-22(32)31-14-19(16-8-6-5-7-9-16)21(30-31)17(15-33-4)13-25(26,27)28/h5-9,17-20H,10-15H2,1-4H3,(H,29,32)/t17-,18+,19?,20-,24?/m0/s1. The van der Waals surface area contributed by atoms with Gasteiger partial charge in [0.25, 0.3) is 0 Å².